The molecule has 5 heteroatoms. The standard InChI is InChI=1S/C7H10O5/c1-3-10-7(2)11-5(8)4-6(9)12-7/h3-4H2,1-2H3. The molecule has 0 atom stereocenters. The lowest BCUT2D eigenvalue weighted by Gasteiger charge is -2.30. The van der Waals surface area contributed by atoms with Crippen LogP contribution in [-0.4, -0.2) is 24.5 Å². The summed E-state index contributed by atoms with van der Waals surface area (Å²) >= 11 is 0. The summed E-state index contributed by atoms with van der Waals surface area (Å²) in [5, 5.41) is 0. The van der Waals surface area contributed by atoms with Crippen LogP contribution in [0.4, 0.5) is 0 Å². The normalized spacial score (nSPS) is 21.5. The lowest BCUT2D eigenvalue weighted by molar-refractivity contribution is -0.343. The third-order valence-electron chi connectivity index (χ3n) is 1.29. The van der Waals surface area contributed by atoms with Crippen LogP contribution in [0, 0.1) is 0 Å². The molecule has 0 aromatic carbocycles. The lowest BCUT2D eigenvalue weighted by Crippen LogP contribution is -2.44. The molecule has 1 rings (SSSR count). The Kier molecular flexibility index (Phi) is 2.32. The number of cyclic esters (lactones) is 2. The minimum absolute atomic E-state index is 0.303. The fourth-order valence-corrected chi connectivity index (χ4v) is 0.946. The fraction of sp³-hybridized carbons (Fsp3) is 0.714. The fourth-order valence-electron chi connectivity index (χ4n) is 0.946. The zero-order chi connectivity index (χ0) is 9.19. The van der Waals surface area contributed by atoms with Crippen LogP contribution in [0.1, 0.15) is 20.3 Å². The highest BCUT2D eigenvalue weighted by molar-refractivity contribution is 5.92. The summed E-state index contributed by atoms with van der Waals surface area (Å²) in [7, 11) is 0. The van der Waals surface area contributed by atoms with E-state index in [0.29, 0.717) is 6.61 Å². The summed E-state index contributed by atoms with van der Waals surface area (Å²) in [4.78, 5) is 21.5. The number of hydrogen-bond donors (Lipinski definition) is 0. The molecule has 1 fully saturated rings. The molecule has 0 bridgehead atoms. The summed E-state index contributed by atoms with van der Waals surface area (Å²) < 4.78 is 14.3. The Hall–Kier alpha value is -1.10. The molecule has 0 N–H and O–H groups in total. The smallest absolute Gasteiger partial charge is 0.372 e. The quantitative estimate of drug-likeness (QED) is 0.441. The molecule has 1 aliphatic rings. The minimum atomic E-state index is -1.53. The summed E-state index contributed by atoms with van der Waals surface area (Å²) in [5.41, 5.74) is 0. The Morgan fingerprint density at radius 3 is 2.33 bits per heavy atom. The first-order chi connectivity index (χ1) is 5.56. The molecule has 0 unspecified atom stereocenters. The van der Waals surface area contributed by atoms with Crippen molar-refractivity contribution in [2.24, 2.45) is 0 Å². The van der Waals surface area contributed by atoms with Crippen molar-refractivity contribution in [2.75, 3.05) is 6.61 Å². The first-order valence-corrected chi connectivity index (χ1v) is 3.63. The maximum atomic E-state index is 10.8. The SMILES string of the molecule is CCOC1(C)OC(=O)CC(=O)O1. The van der Waals surface area contributed by atoms with Gasteiger partial charge in [0.05, 0.1) is 6.61 Å². The molecule has 0 aliphatic carbocycles. The Bertz CT molecular complexity index is 194. The van der Waals surface area contributed by atoms with Gasteiger partial charge in [0.25, 0.3) is 0 Å². The van der Waals surface area contributed by atoms with Crippen LogP contribution in [0.15, 0.2) is 0 Å². The van der Waals surface area contributed by atoms with E-state index in [0.717, 1.165) is 0 Å². The van der Waals surface area contributed by atoms with Gasteiger partial charge in [0, 0.05) is 6.92 Å². The average Bonchev–Trinajstić information content (AvgIpc) is 1.82. The number of rotatable bonds is 2. The van der Waals surface area contributed by atoms with Gasteiger partial charge in [-0.15, -0.1) is 0 Å². The largest absolute Gasteiger partial charge is 0.398 e. The van der Waals surface area contributed by atoms with Gasteiger partial charge in [-0.05, 0) is 6.92 Å². The van der Waals surface area contributed by atoms with E-state index in [1.807, 2.05) is 0 Å². The molecular weight excluding hydrogens is 164 g/mol. The summed E-state index contributed by atoms with van der Waals surface area (Å²) in [5.74, 6) is -2.77. The van der Waals surface area contributed by atoms with Gasteiger partial charge in [-0.3, -0.25) is 9.59 Å². The van der Waals surface area contributed by atoms with Crippen molar-refractivity contribution < 1.29 is 23.8 Å². The molecule has 68 valence electrons. The van der Waals surface area contributed by atoms with Gasteiger partial charge >= 0.3 is 17.9 Å². The highest BCUT2D eigenvalue weighted by Gasteiger charge is 2.39. The second-order valence-corrected chi connectivity index (χ2v) is 2.42. The van der Waals surface area contributed by atoms with E-state index in [1.165, 1.54) is 6.92 Å². The van der Waals surface area contributed by atoms with Crippen molar-refractivity contribution in [1.82, 2.24) is 0 Å². The van der Waals surface area contributed by atoms with E-state index in [2.05, 4.69) is 9.47 Å². The van der Waals surface area contributed by atoms with Crippen LogP contribution < -0.4 is 0 Å². The van der Waals surface area contributed by atoms with Crippen LogP contribution in [0.5, 0.6) is 0 Å². The van der Waals surface area contributed by atoms with E-state index in [4.69, 9.17) is 4.74 Å². The number of carbonyl (C=O) groups excluding carboxylic acids is 2. The molecule has 5 nitrogen and oxygen atoms in total. The third kappa shape index (κ3) is 1.94. The van der Waals surface area contributed by atoms with E-state index in [9.17, 15) is 9.59 Å². The third-order valence-corrected chi connectivity index (χ3v) is 1.29. The number of ether oxygens (including phenoxy) is 3. The van der Waals surface area contributed by atoms with Gasteiger partial charge in [-0.25, -0.2) is 0 Å². The first-order valence-electron chi connectivity index (χ1n) is 3.63. The summed E-state index contributed by atoms with van der Waals surface area (Å²) in [6.07, 6.45) is -0.345. The van der Waals surface area contributed by atoms with Crippen molar-refractivity contribution in [2.45, 2.75) is 26.2 Å². The van der Waals surface area contributed by atoms with Crippen molar-refractivity contribution in [3.8, 4) is 0 Å². The highest BCUT2D eigenvalue weighted by Crippen LogP contribution is 2.20. The Morgan fingerprint density at radius 1 is 1.42 bits per heavy atom. The van der Waals surface area contributed by atoms with Crippen LogP contribution in [-0.2, 0) is 23.8 Å². The zero-order valence-electron chi connectivity index (χ0n) is 6.96. The maximum Gasteiger partial charge on any atom is 0.372 e. The van der Waals surface area contributed by atoms with Crippen LogP contribution in [0.3, 0.4) is 0 Å². The molecule has 0 saturated carbocycles. The molecular formula is C7H10O5. The topological polar surface area (TPSA) is 61.8 Å². The Labute approximate surface area is 69.6 Å². The van der Waals surface area contributed by atoms with Gasteiger partial charge in [0.15, 0.2) is 0 Å². The molecule has 0 aromatic heterocycles. The molecule has 0 radical (unpaired) electrons. The van der Waals surface area contributed by atoms with E-state index < -0.39 is 17.9 Å². The number of carbonyl (C=O) groups is 2. The second-order valence-electron chi connectivity index (χ2n) is 2.42. The van der Waals surface area contributed by atoms with Crippen LogP contribution >= 0.6 is 0 Å². The first kappa shape index (κ1) is 8.99. The summed E-state index contributed by atoms with van der Waals surface area (Å²) in [6, 6.07) is 0. The van der Waals surface area contributed by atoms with Gasteiger partial charge in [0.2, 0.25) is 0 Å². The van der Waals surface area contributed by atoms with Crippen LogP contribution in [0.25, 0.3) is 0 Å². The Morgan fingerprint density at radius 2 is 1.92 bits per heavy atom. The molecule has 1 aliphatic heterocycles. The van der Waals surface area contributed by atoms with Gasteiger partial charge < -0.3 is 14.2 Å². The van der Waals surface area contributed by atoms with Crippen LogP contribution in [0.2, 0.25) is 0 Å². The summed E-state index contributed by atoms with van der Waals surface area (Å²) in [6.45, 7) is 3.39. The molecule has 1 saturated heterocycles. The molecule has 12 heavy (non-hydrogen) atoms. The van der Waals surface area contributed by atoms with E-state index in [1.54, 1.807) is 6.92 Å². The predicted octanol–water partition coefficient (Wildman–Crippen LogP) is 0.187. The number of hydrogen-bond acceptors (Lipinski definition) is 5. The number of esters is 2. The minimum Gasteiger partial charge on any atom is -0.398 e. The molecule has 0 amide bonds. The van der Waals surface area contributed by atoms with Crippen molar-refractivity contribution in [3.63, 3.8) is 0 Å². The molecule has 0 aromatic rings. The van der Waals surface area contributed by atoms with Crippen molar-refractivity contribution >= 4 is 11.9 Å². The van der Waals surface area contributed by atoms with Crippen molar-refractivity contribution in [1.29, 1.82) is 0 Å². The van der Waals surface area contributed by atoms with E-state index >= 15 is 0 Å². The second kappa shape index (κ2) is 3.10. The van der Waals surface area contributed by atoms with Gasteiger partial charge in [-0.2, -0.15) is 0 Å². The molecule has 1 heterocycles. The maximum absolute atomic E-state index is 10.8. The lowest BCUT2D eigenvalue weighted by atomic mass is 10.4. The molecule has 0 spiro atoms. The van der Waals surface area contributed by atoms with Gasteiger partial charge in [0.1, 0.15) is 6.42 Å². The average molecular weight is 174 g/mol. The highest BCUT2D eigenvalue weighted by atomic mass is 16.9. The van der Waals surface area contributed by atoms with Gasteiger partial charge in [-0.1, -0.05) is 0 Å². The predicted molar refractivity (Wildman–Crippen MR) is 36.8 cm³/mol. The monoisotopic (exact) mass is 174 g/mol. The zero-order valence-corrected chi connectivity index (χ0v) is 6.96. The Balaban J connectivity index is 2.64. The van der Waals surface area contributed by atoms with E-state index in [-0.39, 0.29) is 6.42 Å². The van der Waals surface area contributed by atoms with Crippen molar-refractivity contribution in [3.05, 3.63) is 0 Å².